The number of esters is 2. The molecule has 2 aliphatic heterocycles. The van der Waals surface area contributed by atoms with E-state index in [2.05, 4.69) is 0 Å². The van der Waals surface area contributed by atoms with Crippen molar-refractivity contribution in [2.45, 2.75) is 13.8 Å². The van der Waals surface area contributed by atoms with Crippen LogP contribution >= 0.6 is 0 Å². The lowest BCUT2D eigenvalue weighted by Crippen LogP contribution is -2.44. The van der Waals surface area contributed by atoms with Gasteiger partial charge in [0.25, 0.3) is 0 Å². The van der Waals surface area contributed by atoms with Crippen LogP contribution in [0.15, 0.2) is 36.4 Å². The van der Waals surface area contributed by atoms with E-state index in [0.717, 1.165) is 10.8 Å². The van der Waals surface area contributed by atoms with Crippen molar-refractivity contribution >= 4 is 22.7 Å². The Labute approximate surface area is 163 Å². The van der Waals surface area contributed by atoms with Crippen LogP contribution in [0.25, 0.3) is 10.8 Å². The Hall–Kier alpha value is -2.44. The first-order valence-corrected chi connectivity index (χ1v) is 9.40. The third kappa shape index (κ3) is 3.75. The van der Waals surface area contributed by atoms with Gasteiger partial charge in [-0.2, -0.15) is 0 Å². The molecule has 28 heavy (non-hydrogen) atoms. The summed E-state index contributed by atoms with van der Waals surface area (Å²) in [6, 6.07) is 10.6. The van der Waals surface area contributed by atoms with Crippen LogP contribution in [0.5, 0.6) is 0 Å². The maximum Gasteiger partial charge on any atom is 0.338 e. The standard InChI is InChI=1S/C22H24O6/c1-21(9-25-10-21)13-27-19(23)16-6-7-17-15(8-16)4-3-5-18(17)20(24)28-14-22(2)11-26-12-22/h3-8H,9-14H2,1-2H3. The van der Waals surface area contributed by atoms with Gasteiger partial charge < -0.3 is 18.9 Å². The Balaban J connectivity index is 1.47. The van der Waals surface area contributed by atoms with Crippen LogP contribution in [0.2, 0.25) is 0 Å². The summed E-state index contributed by atoms with van der Waals surface area (Å²) >= 11 is 0. The van der Waals surface area contributed by atoms with Gasteiger partial charge in [0.1, 0.15) is 13.2 Å². The van der Waals surface area contributed by atoms with Gasteiger partial charge >= 0.3 is 11.9 Å². The first kappa shape index (κ1) is 18.9. The van der Waals surface area contributed by atoms with E-state index in [9.17, 15) is 9.59 Å². The molecule has 2 aromatic rings. The fourth-order valence-electron chi connectivity index (χ4n) is 3.30. The van der Waals surface area contributed by atoms with Crippen molar-refractivity contribution < 1.29 is 28.5 Å². The van der Waals surface area contributed by atoms with Crippen LogP contribution in [-0.4, -0.2) is 51.6 Å². The highest BCUT2D eigenvalue weighted by Crippen LogP contribution is 2.29. The molecule has 2 fully saturated rings. The maximum absolute atomic E-state index is 12.5. The number of hydrogen-bond acceptors (Lipinski definition) is 6. The van der Waals surface area contributed by atoms with Crippen molar-refractivity contribution in [2.75, 3.05) is 39.6 Å². The first-order chi connectivity index (χ1) is 13.4. The van der Waals surface area contributed by atoms with Gasteiger partial charge in [0.15, 0.2) is 0 Å². The molecule has 2 aliphatic rings. The van der Waals surface area contributed by atoms with E-state index in [1.54, 1.807) is 30.3 Å². The number of carbonyl (C=O) groups excluding carboxylic acids is 2. The van der Waals surface area contributed by atoms with E-state index < -0.39 is 0 Å². The van der Waals surface area contributed by atoms with E-state index in [1.807, 2.05) is 19.9 Å². The van der Waals surface area contributed by atoms with Gasteiger partial charge in [0.05, 0.1) is 37.6 Å². The van der Waals surface area contributed by atoms with Gasteiger partial charge in [0.2, 0.25) is 0 Å². The van der Waals surface area contributed by atoms with Crippen LogP contribution < -0.4 is 0 Å². The van der Waals surface area contributed by atoms with E-state index in [1.165, 1.54) is 0 Å². The monoisotopic (exact) mass is 384 g/mol. The Morgan fingerprint density at radius 1 is 0.893 bits per heavy atom. The highest BCUT2D eigenvalue weighted by molar-refractivity contribution is 6.06. The smallest absolute Gasteiger partial charge is 0.338 e. The third-order valence-corrected chi connectivity index (χ3v) is 5.24. The van der Waals surface area contributed by atoms with Crippen molar-refractivity contribution in [1.29, 1.82) is 0 Å². The van der Waals surface area contributed by atoms with E-state index in [0.29, 0.717) is 50.8 Å². The lowest BCUT2D eigenvalue weighted by molar-refractivity contribution is -0.127. The summed E-state index contributed by atoms with van der Waals surface area (Å²) in [6.45, 7) is 7.13. The topological polar surface area (TPSA) is 71.1 Å². The Morgan fingerprint density at radius 2 is 1.50 bits per heavy atom. The minimum Gasteiger partial charge on any atom is -0.461 e. The molecule has 2 aromatic carbocycles. The summed E-state index contributed by atoms with van der Waals surface area (Å²) in [5.41, 5.74) is 0.756. The van der Waals surface area contributed by atoms with Crippen LogP contribution in [-0.2, 0) is 18.9 Å². The van der Waals surface area contributed by atoms with Gasteiger partial charge in [-0.15, -0.1) is 0 Å². The number of benzene rings is 2. The summed E-state index contributed by atoms with van der Waals surface area (Å²) < 4.78 is 21.3. The largest absolute Gasteiger partial charge is 0.461 e. The second-order valence-corrected chi connectivity index (χ2v) is 8.50. The number of ether oxygens (including phenoxy) is 4. The summed E-state index contributed by atoms with van der Waals surface area (Å²) in [7, 11) is 0. The van der Waals surface area contributed by atoms with Crippen LogP contribution in [0.3, 0.4) is 0 Å². The van der Waals surface area contributed by atoms with E-state index in [-0.39, 0.29) is 22.8 Å². The number of carbonyl (C=O) groups is 2. The van der Waals surface area contributed by atoms with Crippen LogP contribution in [0.4, 0.5) is 0 Å². The third-order valence-electron chi connectivity index (χ3n) is 5.24. The molecule has 0 saturated carbocycles. The highest BCUT2D eigenvalue weighted by atomic mass is 16.6. The van der Waals surface area contributed by atoms with Gasteiger partial charge in [-0.1, -0.05) is 32.0 Å². The predicted octanol–water partition coefficient (Wildman–Crippen LogP) is 3.23. The molecule has 0 unspecified atom stereocenters. The zero-order valence-corrected chi connectivity index (χ0v) is 16.2. The molecule has 0 spiro atoms. The fourth-order valence-corrected chi connectivity index (χ4v) is 3.30. The Bertz CT molecular complexity index is 910. The minimum atomic E-state index is -0.374. The second kappa shape index (κ2) is 7.18. The SMILES string of the molecule is CC1(COC(=O)c2ccc3c(C(=O)OCC4(C)COC4)cccc3c2)COC1. The molecular formula is C22H24O6. The zero-order valence-electron chi connectivity index (χ0n) is 16.2. The fraction of sp³-hybridized carbons (Fsp3) is 0.455. The normalized spacial score (nSPS) is 19.4. The lowest BCUT2D eigenvalue weighted by Gasteiger charge is -2.37. The second-order valence-electron chi connectivity index (χ2n) is 8.50. The Kier molecular flexibility index (Phi) is 4.85. The van der Waals surface area contributed by atoms with Crippen molar-refractivity contribution in [3.8, 4) is 0 Å². The van der Waals surface area contributed by atoms with Crippen molar-refractivity contribution in [2.24, 2.45) is 10.8 Å². The molecule has 0 aliphatic carbocycles. The number of hydrogen-bond donors (Lipinski definition) is 0. The molecule has 6 nitrogen and oxygen atoms in total. The summed E-state index contributed by atoms with van der Waals surface area (Å²) in [4.78, 5) is 24.9. The van der Waals surface area contributed by atoms with Crippen LogP contribution in [0.1, 0.15) is 34.6 Å². The first-order valence-electron chi connectivity index (χ1n) is 9.40. The van der Waals surface area contributed by atoms with Gasteiger partial charge in [0, 0.05) is 10.8 Å². The number of rotatable bonds is 6. The summed E-state index contributed by atoms with van der Waals surface area (Å²) in [6.07, 6.45) is 0. The predicted molar refractivity (Wildman–Crippen MR) is 102 cm³/mol. The molecule has 2 heterocycles. The van der Waals surface area contributed by atoms with Crippen LogP contribution in [0, 0.1) is 10.8 Å². The average molecular weight is 384 g/mol. The Morgan fingerprint density at radius 3 is 2.07 bits per heavy atom. The molecule has 148 valence electrons. The van der Waals surface area contributed by atoms with Crippen molar-refractivity contribution in [3.63, 3.8) is 0 Å². The maximum atomic E-state index is 12.5. The molecular weight excluding hydrogens is 360 g/mol. The molecule has 0 bridgehead atoms. The van der Waals surface area contributed by atoms with E-state index >= 15 is 0 Å². The number of fused-ring (bicyclic) bond motifs is 1. The average Bonchev–Trinajstić information content (AvgIpc) is 2.66. The van der Waals surface area contributed by atoms with Crippen molar-refractivity contribution in [3.05, 3.63) is 47.5 Å². The molecule has 2 saturated heterocycles. The minimum absolute atomic E-state index is 0.0917. The zero-order chi connectivity index (χ0) is 19.8. The van der Waals surface area contributed by atoms with Gasteiger partial charge in [-0.3, -0.25) is 0 Å². The van der Waals surface area contributed by atoms with Gasteiger partial charge in [-0.05, 0) is 29.0 Å². The molecule has 0 N–H and O–H groups in total. The van der Waals surface area contributed by atoms with E-state index in [4.69, 9.17) is 18.9 Å². The molecule has 0 radical (unpaired) electrons. The molecule has 4 rings (SSSR count). The molecule has 6 heteroatoms. The van der Waals surface area contributed by atoms with Gasteiger partial charge in [-0.25, -0.2) is 9.59 Å². The molecule has 0 atom stereocenters. The summed E-state index contributed by atoms with van der Waals surface area (Å²) in [5, 5.41) is 1.54. The quantitative estimate of drug-likeness (QED) is 0.712. The lowest BCUT2D eigenvalue weighted by atomic mass is 9.90. The summed E-state index contributed by atoms with van der Waals surface area (Å²) in [5.74, 6) is -0.743. The molecule has 0 amide bonds. The van der Waals surface area contributed by atoms with Crippen molar-refractivity contribution in [1.82, 2.24) is 0 Å². The highest BCUT2D eigenvalue weighted by Gasteiger charge is 2.36. The molecule has 0 aromatic heterocycles.